The van der Waals surface area contributed by atoms with Crippen molar-refractivity contribution in [2.75, 3.05) is 20.8 Å². The van der Waals surface area contributed by atoms with Gasteiger partial charge in [0.25, 0.3) is 0 Å². The second kappa shape index (κ2) is 8.27. The first-order valence-corrected chi connectivity index (χ1v) is 6.86. The number of methoxy groups -OCH3 is 2. The lowest BCUT2D eigenvalue weighted by Crippen LogP contribution is -2.39. The maximum Gasteiger partial charge on any atom is 0.244 e. The minimum Gasteiger partial charge on any atom is -0.336 e. The van der Waals surface area contributed by atoms with E-state index in [1.807, 2.05) is 0 Å². The standard InChI is InChI=1S/C11H26O3Si/c1-5-7-8-10(6-2)9-14-11(15,12-3)13-4/h10H,5-9H2,1-4,15H3. The molecule has 0 radical (unpaired) electrons. The summed E-state index contributed by atoms with van der Waals surface area (Å²) in [7, 11) is 3.97. The van der Waals surface area contributed by atoms with E-state index in [0.717, 1.165) is 13.0 Å². The average Bonchev–Trinajstić information content (AvgIpc) is 2.29. The minimum absolute atomic E-state index is 0.628. The molecule has 4 heteroatoms. The molecular weight excluding hydrogens is 208 g/mol. The third kappa shape index (κ3) is 6.30. The third-order valence-corrected chi connectivity index (χ3v) is 3.97. The van der Waals surface area contributed by atoms with Crippen LogP contribution in [0.2, 0.25) is 0 Å². The van der Waals surface area contributed by atoms with Crippen LogP contribution >= 0.6 is 0 Å². The number of unbranched alkanes of at least 4 members (excludes halogenated alkanes) is 1. The summed E-state index contributed by atoms with van der Waals surface area (Å²) in [5.41, 5.74) is -0.750. The minimum atomic E-state index is -0.750. The van der Waals surface area contributed by atoms with Crippen LogP contribution in [0, 0.1) is 5.92 Å². The second-order valence-corrected chi connectivity index (χ2v) is 5.22. The molecule has 0 amide bonds. The maximum absolute atomic E-state index is 5.70. The van der Waals surface area contributed by atoms with Gasteiger partial charge in [0, 0.05) is 14.2 Å². The Morgan fingerprint density at radius 1 is 1.20 bits per heavy atom. The molecule has 0 saturated heterocycles. The van der Waals surface area contributed by atoms with Crippen molar-refractivity contribution in [3.05, 3.63) is 0 Å². The molecule has 0 rings (SSSR count). The van der Waals surface area contributed by atoms with E-state index in [4.69, 9.17) is 14.2 Å². The highest BCUT2D eigenvalue weighted by Gasteiger charge is 2.24. The molecule has 1 atom stereocenters. The summed E-state index contributed by atoms with van der Waals surface area (Å²) in [5.74, 6) is 0.628. The molecule has 0 bridgehead atoms. The maximum atomic E-state index is 5.70. The molecule has 15 heavy (non-hydrogen) atoms. The van der Waals surface area contributed by atoms with Crippen molar-refractivity contribution in [1.29, 1.82) is 0 Å². The fraction of sp³-hybridized carbons (Fsp3) is 1.00. The molecule has 92 valence electrons. The lowest BCUT2D eigenvalue weighted by atomic mass is 10.0. The molecule has 0 fully saturated rings. The summed E-state index contributed by atoms with van der Waals surface area (Å²) >= 11 is 0. The molecule has 1 unspecified atom stereocenters. The van der Waals surface area contributed by atoms with Crippen molar-refractivity contribution >= 4 is 10.2 Å². The summed E-state index contributed by atoms with van der Waals surface area (Å²) in [6.45, 7) is 5.16. The van der Waals surface area contributed by atoms with Gasteiger partial charge in [-0.1, -0.05) is 33.1 Å². The van der Waals surface area contributed by atoms with Gasteiger partial charge < -0.3 is 14.2 Å². The van der Waals surface area contributed by atoms with Crippen LogP contribution in [0.5, 0.6) is 0 Å². The molecule has 0 aromatic heterocycles. The smallest absolute Gasteiger partial charge is 0.244 e. The predicted molar refractivity (Wildman–Crippen MR) is 65.9 cm³/mol. The largest absolute Gasteiger partial charge is 0.336 e. The SMILES string of the molecule is CCCCC(CC)COC([SiH3])(OC)OC. The summed E-state index contributed by atoms with van der Waals surface area (Å²) < 4.78 is 16.1. The Morgan fingerprint density at radius 3 is 2.20 bits per heavy atom. The Morgan fingerprint density at radius 2 is 1.80 bits per heavy atom. The zero-order valence-corrected chi connectivity index (χ0v) is 12.8. The molecule has 0 spiro atoms. The first-order valence-electron chi connectivity index (χ1n) is 5.86. The molecule has 0 aromatic rings. The molecular formula is C11H26O3Si. The Bertz CT molecular complexity index is 149. The molecule has 0 N–H and O–H groups in total. The zero-order chi connectivity index (χ0) is 11.7. The number of hydrogen-bond acceptors (Lipinski definition) is 3. The lowest BCUT2D eigenvalue weighted by molar-refractivity contribution is -0.307. The van der Waals surface area contributed by atoms with E-state index in [2.05, 4.69) is 13.8 Å². The topological polar surface area (TPSA) is 27.7 Å². The third-order valence-electron chi connectivity index (χ3n) is 2.87. The molecule has 0 aliphatic rings. The van der Waals surface area contributed by atoms with Crippen molar-refractivity contribution in [1.82, 2.24) is 0 Å². The fourth-order valence-electron chi connectivity index (χ4n) is 1.37. The van der Waals surface area contributed by atoms with Crippen molar-refractivity contribution < 1.29 is 14.2 Å². The molecule has 0 saturated carbocycles. The highest BCUT2D eigenvalue weighted by Crippen LogP contribution is 2.16. The van der Waals surface area contributed by atoms with E-state index in [1.54, 1.807) is 14.2 Å². The van der Waals surface area contributed by atoms with Gasteiger partial charge in [0.05, 0.1) is 6.61 Å². The first-order chi connectivity index (χ1) is 7.11. The summed E-state index contributed by atoms with van der Waals surface area (Å²) in [6.07, 6.45) is 4.91. The first kappa shape index (κ1) is 15.1. The van der Waals surface area contributed by atoms with E-state index < -0.39 is 5.60 Å². The van der Waals surface area contributed by atoms with Gasteiger partial charge in [-0.05, 0) is 12.3 Å². The number of rotatable bonds is 9. The molecule has 3 nitrogen and oxygen atoms in total. The molecule has 0 aliphatic carbocycles. The van der Waals surface area contributed by atoms with Crippen molar-refractivity contribution in [2.45, 2.75) is 45.1 Å². The summed E-state index contributed by atoms with van der Waals surface area (Å²) in [5, 5.41) is 0. The van der Waals surface area contributed by atoms with Crippen molar-refractivity contribution in [3.8, 4) is 0 Å². The van der Waals surface area contributed by atoms with Crippen LogP contribution in [0.1, 0.15) is 39.5 Å². The van der Waals surface area contributed by atoms with Gasteiger partial charge in [-0.15, -0.1) is 0 Å². The van der Waals surface area contributed by atoms with E-state index >= 15 is 0 Å². The monoisotopic (exact) mass is 234 g/mol. The Kier molecular flexibility index (Phi) is 8.33. The molecule has 0 heterocycles. The molecule has 0 aliphatic heterocycles. The lowest BCUT2D eigenvalue weighted by Gasteiger charge is -2.28. The van der Waals surface area contributed by atoms with E-state index in [-0.39, 0.29) is 0 Å². The van der Waals surface area contributed by atoms with Crippen LogP contribution in [0.3, 0.4) is 0 Å². The van der Waals surface area contributed by atoms with Gasteiger partial charge in [0.15, 0.2) is 0 Å². The van der Waals surface area contributed by atoms with Crippen LogP contribution in [-0.4, -0.2) is 36.7 Å². The number of ether oxygens (including phenoxy) is 3. The Labute approximate surface area is 96.9 Å². The van der Waals surface area contributed by atoms with Crippen LogP contribution < -0.4 is 0 Å². The van der Waals surface area contributed by atoms with Crippen LogP contribution in [-0.2, 0) is 14.2 Å². The van der Waals surface area contributed by atoms with E-state index in [0.29, 0.717) is 16.2 Å². The summed E-state index contributed by atoms with van der Waals surface area (Å²) in [4.78, 5) is 0. The van der Waals surface area contributed by atoms with Crippen LogP contribution in [0.15, 0.2) is 0 Å². The second-order valence-electron chi connectivity index (χ2n) is 4.00. The van der Waals surface area contributed by atoms with E-state index in [9.17, 15) is 0 Å². The van der Waals surface area contributed by atoms with Gasteiger partial charge >= 0.3 is 0 Å². The fourth-order valence-corrected chi connectivity index (χ4v) is 1.54. The normalized spacial score (nSPS) is 14.4. The van der Waals surface area contributed by atoms with Gasteiger partial charge in [0.2, 0.25) is 5.60 Å². The van der Waals surface area contributed by atoms with E-state index in [1.165, 1.54) is 19.3 Å². The molecule has 0 aromatic carbocycles. The van der Waals surface area contributed by atoms with Gasteiger partial charge in [-0.2, -0.15) is 0 Å². The average molecular weight is 234 g/mol. The van der Waals surface area contributed by atoms with Crippen LogP contribution in [0.4, 0.5) is 0 Å². The van der Waals surface area contributed by atoms with Crippen LogP contribution in [0.25, 0.3) is 0 Å². The van der Waals surface area contributed by atoms with Crippen molar-refractivity contribution in [3.63, 3.8) is 0 Å². The Hall–Kier alpha value is 0.0969. The van der Waals surface area contributed by atoms with Gasteiger partial charge in [-0.3, -0.25) is 0 Å². The quantitative estimate of drug-likeness (QED) is 0.447. The predicted octanol–water partition coefficient (Wildman–Crippen LogP) is 1.49. The number of hydrogen-bond donors (Lipinski definition) is 0. The summed E-state index contributed by atoms with van der Waals surface area (Å²) in [6, 6.07) is 0. The Balaban J connectivity index is 3.87. The van der Waals surface area contributed by atoms with Crippen molar-refractivity contribution in [2.24, 2.45) is 5.92 Å². The highest BCUT2D eigenvalue weighted by molar-refractivity contribution is 6.12. The van der Waals surface area contributed by atoms with Gasteiger partial charge in [0.1, 0.15) is 10.2 Å². The highest BCUT2D eigenvalue weighted by atomic mass is 28.1. The zero-order valence-electron chi connectivity index (χ0n) is 10.8. The van der Waals surface area contributed by atoms with Gasteiger partial charge in [-0.25, -0.2) is 0 Å².